The lowest BCUT2D eigenvalue weighted by atomic mass is 10.2. The highest BCUT2D eigenvalue weighted by Gasteiger charge is 2.12. The third-order valence-corrected chi connectivity index (χ3v) is 3.84. The Morgan fingerprint density at radius 1 is 1.40 bits per heavy atom. The first-order valence-electron chi connectivity index (χ1n) is 6.86. The fourth-order valence-electron chi connectivity index (χ4n) is 2.22. The molecule has 1 aromatic rings. The Morgan fingerprint density at radius 2 is 2.15 bits per heavy atom. The molecule has 5 nitrogen and oxygen atoms in total. The molecule has 0 aromatic heterocycles. The number of nitrogens with one attached hydrogen (secondary N) is 2. The molecule has 1 aliphatic heterocycles. The summed E-state index contributed by atoms with van der Waals surface area (Å²) in [5.41, 5.74) is 0.307. The number of hydrogen-bond acceptors (Lipinski definition) is 4. The lowest BCUT2D eigenvalue weighted by molar-refractivity contribution is 0.0948. The van der Waals surface area contributed by atoms with Gasteiger partial charge in [0.1, 0.15) is 5.75 Å². The van der Waals surface area contributed by atoms with Gasteiger partial charge in [-0.1, -0.05) is 15.9 Å². The Morgan fingerprint density at radius 3 is 2.90 bits per heavy atom. The lowest BCUT2D eigenvalue weighted by Gasteiger charge is -2.27. The number of rotatable bonds is 5. The van der Waals surface area contributed by atoms with Gasteiger partial charge in [-0.15, -0.1) is 0 Å². The summed E-state index contributed by atoms with van der Waals surface area (Å²) in [6, 6.07) is 4.84. The number of benzene rings is 1. The number of phenolic OH excluding ortho intramolecular Hbond substituents is 1. The highest BCUT2D eigenvalue weighted by Crippen LogP contribution is 2.21. The molecule has 0 saturated carbocycles. The van der Waals surface area contributed by atoms with Gasteiger partial charge >= 0.3 is 0 Å². The third kappa shape index (κ3) is 4.47. The normalized spacial score (nSPS) is 16.1. The maximum absolute atomic E-state index is 12.0. The van der Waals surface area contributed by atoms with E-state index in [0.717, 1.165) is 43.6 Å². The van der Waals surface area contributed by atoms with Gasteiger partial charge in [0.25, 0.3) is 5.91 Å². The Hall–Kier alpha value is -1.11. The maximum Gasteiger partial charge on any atom is 0.255 e. The predicted molar refractivity (Wildman–Crippen MR) is 82.1 cm³/mol. The minimum Gasteiger partial charge on any atom is -0.507 e. The van der Waals surface area contributed by atoms with E-state index >= 15 is 0 Å². The minimum atomic E-state index is -0.232. The van der Waals surface area contributed by atoms with Crippen LogP contribution >= 0.6 is 15.9 Å². The van der Waals surface area contributed by atoms with Crippen molar-refractivity contribution in [3.63, 3.8) is 0 Å². The van der Waals surface area contributed by atoms with Crippen LogP contribution in [0.25, 0.3) is 0 Å². The summed E-state index contributed by atoms with van der Waals surface area (Å²) in [6.45, 7) is 5.83. The second-order valence-electron chi connectivity index (χ2n) is 4.86. The standard InChI is InChI=1S/C14H20BrN3O2/c15-11-2-3-13(19)12(10-11)14(20)17-4-1-7-18-8-5-16-6-9-18/h2-3,10,16,19H,1,4-9H2,(H,17,20). The number of amides is 1. The number of nitrogens with zero attached hydrogens (tertiary/aromatic N) is 1. The van der Waals surface area contributed by atoms with Crippen molar-refractivity contribution in [2.24, 2.45) is 0 Å². The summed E-state index contributed by atoms with van der Waals surface area (Å²) < 4.78 is 0.779. The molecule has 20 heavy (non-hydrogen) atoms. The van der Waals surface area contributed by atoms with Gasteiger partial charge in [-0.05, 0) is 31.2 Å². The van der Waals surface area contributed by atoms with E-state index in [9.17, 15) is 9.90 Å². The van der Waals surface area contributed by atoms with Crippen LogP contribution in [0.5, 0.6) is 5.75 Å². The van der Waals surface area contributed by atoms with E-state index in [2.05, 4.69) is 31.5 Å². The van der Waals surface area contributed by atoms with E-state index in [0.29, 0.717) is 12.1 Å². The number of aromatic hydroxyl groups is 1. The molecule has 3 N–H and O–H groups in total. The fourth-order valence-corrected chi connectivity index (χ4v) is 2.59. The van der Waals surface area contributed by atoms with Crippen LogP contribution in [0.1, 0.15) is 16.8 Å². The van der Waals surface area contributed by atoms with Crippen LogP contribution in [0, 0.1) is 0 Å². The Bertz CT molecular complexity index is 462. The summed E-state index contributed by atoms with van der Waals surface area (Å²) in [6.07, 6.45) is 0.917. The first-order chi connectivity index (χ1) is 9.66. The van der Waals surface area contributed by atoms with Crippen molar-refractivity contribution >= 4 is 21.8 Å². The number of carbonyl (C=O) groups is 1. The molecule has 1 fully saturated rings. The molecule has 0 unspecified atom stereocenters. The van der Waals surface area contributed by atoms with Gasteiger partial charge in [0.15, 0.2) is 0 Å². The van der Waals surface area contributed by atoms with Crippen molar-refractivity contribution < 1.29 is 9.90 Å². The smallest absolute Gasteiger partial charge is 0.255 e. The summed E-state index contributed by atoms with van der Waals surface area (Å²) in [7, 11) is 0. The topological polar surface area (TPSA) is 64.6 Å². The number of carbonyl (C=O) groups excluding carboxylic acids is 1. The molecule has 0 spiro atoms. The molecular formula is C14H20BrN3O2. The number of hydrogen-bond donors (Lipinski definition) is 3. The van der Waals surface area contributed by atoms with Crippen molar-refractivity contribution in [1.82, 2.24) is 15.5 Å². The average Bonchev–Trinajstić information content (AvgIpc) is 2.47. The van der Waals surface area contributed by atoms with Crippen molar-refractivity contribution in [2.75, 3.05) is 39.3 Å². The zero-order valence-electron chi connectivity index (χ0n) is 11.4. The van der Waals surface area contributed by atoms with Crippen LogP contribution in [0.15, 0.2) is 22.7 Å². The number of halogens is 1. The molecule has 1 aliphatic rings. The zero-order chi connectivity index (χ0) is 14.4. The van der Waals surface area contributed by atoms with Crippen LogP contribution in [0.4, 0.5) is 0 Å². The molecule has 0 bridgehead atoms. The van der Waals surface area contributed by atoms with Gasteiger partial charge in [-0.25, -0.2) is 0 Å². The van der Waals surface area contributed by atoms with E-state index in [1.54, 1.807) is 12.1 Å². The third-order valence-electron chi connectivity index (χ3n) is 3.35. The van der Waals surface area contributed by atoms with E-state index in [1.807, 2.05) is 0 Å². The van der Waals surface area contributed by atoms with Gasteiger partial charge in [-0.2, -0.15) is 0 Å². The molecule has 6 heteroatoms. The molecule has 110 valence electrons. The lowest BCUT2D eigenvalue weighted by Crippen LogP contribution is -2.44. The molecule has 1 saturated heterocycles. The summed E-state index contributed by atoms with van der Waals surface area (Å²) in [5, 5.41) is 15.8. The molecule has 1 heterocycles. The highest BCUT2D eigenvalue weighted by atomic mass is 79.9. The predicted octanol–water partition coefficient (Wildman–Crippen LogP) is 1.18. The van der Waals surface area contributed by atoms with E-state index < -0.39 is 0 Å². The van der Waals surface area contributed by atoms with E-state index in [4.69, 9.17) is 0 Å². The SMILES string of the molecule is O=C(NCCCN1CCNCC1)c1cc(Br)ccc1O. The molecule has 1 aromatic carbocycles. The Kier molecular flexibility index (Phi) is 5.82. The molecule has 0 aliphatic carbocycles. The first kappa shape index (κ1) is 15.3. The quantitative estimate of drug-likeness (QED) is 0.703. The highest BCUT2D eigenvalue weighted by molar-refractivity contribution is 9.10. The zero-order valence-corrected chi connectivity index (χ0v) is 12.9. The number of phenols is 1. The van der Waals surface area contributed by atoms with Gasteiger partial charge in [0.2, 0.25) is 0 Å². The maximum atomic E-state index is 12.0. The summed E-state index contributed by atoms with van der Waals surface area (Å²) in [4.78, 5) is 14.3. The van der Waals surface area contributed by atoms with Gasteiger partial charge in [0.05, 0.1) is 5.56 Å². The second-order valence-corrected chi connectivity index (χ2v) is 5.78. The molecule has 2 rings (SSSR count). The number of piperazine rings is 1. The van der Waals surface area contributed by atoms with E-state index in [-0.39, 0.29) is 11.7 Å². The van der Waals surface area contributed by atoms with Crippen molar-refractivity contribution in [1.29, 1.82) is 0 Å². The fraction of sp³-hybridized carbons (Fsp3) is 0.500. The Balaban J connectivity index is 1.73. The summed E-state index contributed by atoms with van der Waals surface area (Å²) >= 11 is 3.29. The molecule has 1 amide bonds. The monoisotopic (exact) mass is 341 g/mol. The average molecular weight is 342 g/mol. The second kappa shape index (κ2) is 7.61. The molecule has 0 radical (unpaired) electrons. The van der Waals surface area contributed by atoms with Crippen LogP contribution < -0.4 is 10.6 Å². The van der Waals surface area contributed by atoms with Crippen LogP contribution in [-0.4, -0.2) is 55.2 Å². The van der Waals surface area contributed by atoms with Crippen LogP contribution in [-0.2, 0) is 0 Å². The van der Waals surface area contributed by atoms with Gasteiger partial charge in [-0.3, -0.25) is 4.79 Å². The van der Waals surface area contributed by atoms with Crippen molar-refractivity contribution in [2.45, 2.75) is 6.42 Å². The van der Waals surface area contributed by atoms with Crippen LogP contribution in [0.3, 0.4) is 0 Å². The van der Waals surface area contributed by atoms with Crippen molar-refractivity contribution in [3.05, 3.63) is 28.2 Å². The Labute approximate surface area is 127 Å². The van der Waals surface area contributed by atoms with E-state index in [1.165, 1.54) is 6.07 Å². The first-order valence-corrected chi connectivity index (χ1v) is 7.66. The minimum absolute atomic E-state index is 0.00723. The molecular weight excluding hydrogens is 322 g/mol. The van der Waals surface area contributed by atoms with Gasteiger partial charge < -0.3 is 20.6 Å². The summed E-state index contributed by atoms with van der Waals surface area (Å²) in [5.74, 6) is -0.225. The largest absolute Gasteiger partial charge is 0.507 e. The van der Waals surface area contributed by atoms with Gasteiger partial charge in [0, 0.05) is 37.2 Å². The van der Waals surface area contributed by atoms with Crippen LogP contribution in [0.2, 0.25) is 0 Å². The molecule has 0 atom stereocenters. The van der Waals surface area contributed by atoms with Crippen molar-refractivity contribution in [3.8, 4) is 5.75 Å².